The average Bonchev–Trinajstić information content (AvgIpc) is 2.97. The van der Waals surface area contributed by atoms with E-state index in [1.807, 2.05) is 0 Å². The zero-order valence-corrected chi connectivity index (χ0v) is 17.9. The number of ether oxygens (including phenoxy) is 2. The van der Waals surface area contributed by atoms with Gasteiger partial charge in [-0.3, -0.25) is 4.72 Å². The molecule has 0 spiro atoms. The highest BCUT2D eigenvalue weighted by molar-refractivity contribution is 7.98. The van der Waals surface area contributed by atoms with Gasteiger partial charge in [0.25, 0.3) is 0 Å². The van der Waals surface area contributed by atoms with Gasteiger partial charge in [-0.25, -0.2) is 0 Å². The molecule has 1 unspecified atom stereocenters. The number of rotatable bonds is 5. The molecule has 2 aromatic rings. The Bertz CT molecular complexity index is 730. The molecule has 1 N–H and O–H groups in total. The highest BCUT2D eigenvalue weighted by atomic mass is 32.2. The first-order valence-electron chi connectivity index (χ1n) is 9.17. The van der Waals surface area contributed by atoms with E-state index in [1.54, 1.807) is 23.3 Å². The second-order valence-corrected chi connectivity index (χ2v) is 10.7. The van der Waals surface area contributed by atoms with Crippen molar-refractivity contribution >= 4 is 23.3 Å². The molecule has 1 saturated heterocycles. The van der Waals surface area contributed by atoms with Gasteiger partial charge >= 0.3 is 0 Å². The van der Waals surface area contributed by atoms with Crippen LogP contribution in [0.15, 0.2) is 30.3 Å². The van der Waals surface area contributed by atoms with Gasteiger partial charge < -0.3 is 9.47 Å². The highest BCUT2D eigenvalue weighted by Crippen LogP contribution is 2.38. The van der Waals surface area contributed by atoms with Crippen LogP contribution < -0.4 is 4.72 Å². The van der Waals surface area contributed by atoms with E-state index < -0.39 is 0 Å². The van der Waals surface area contributed by atoms with E-state index in [9.17, 15) is 0 Å². The number of hydrogen-bond acceptors (Lipinski definition) is 5. The first kappa shape index (κ1) is 19.9. The van der Waals surface area contributed by atoms with Gasteiger partial charge in [-0.1, -0.05) is 41.8 Å². The Morgan fingerprint density at radius 2 is 1.88 bits per heavy atom. The average molecular weight is 392 g/mol. The third-order valence-electron chi connectivity index (χ3n) is 4.20. The standard InChI is InChI=1S/C21H29NO2S2/c1-14-8-6-9-16(12-14)19(22-26-21(3,4)5)17-13-18(25-15(17)2)20-23-10-7-11-24-20/h6,8-9,12-13,19-20,22H,7,10-11H2,1-5H3. The maximum Gasteiger partial charge on any atom is 0.193 e. The zero-order chi connectivity index (χ0) is 18.7. The molecule has 3 nitrogen and oxygen atoms in total. The summed E-state index contributed by atoms with van der Waals surface area (Å²) in [7, 11) is 0. The van der Waals surface area contributed by atoms with Crippen LogP contribution in [-0.4, -0.2) is 18.0 Å². The fourth-order valence-electron chi connectivity index (χ4n) is 2.97. The van der Waals surface area contributed by atoms with E-state index in [0.29, 0.717) is 0 Å². The minimum atomic E-state index is -0.213. The lowest BCUT2D eigenvalue weighted by atomic mass is 9.98. The van der Waals surface area contributed by atoms with Gasteiger partial charge in [0, 0.05) is 9.62 Å². The molecule has 26 heavy (non-hydrogen) atoms. The summed E-state index contributed by atoms with van der Waals surface area (Å²) in [6.45, 7) is 12.6. The van der Waals surface area contributed by atoms with Crippen LogP contribution in [0.5, 0.6) is 0 Å². The lowest BCUT2D eigenvalue weighted by molar-refractivity contribution is -0.181. The van der Waals surface area contributed by atoms with E-state index >= 15 is 0 Å². The van der Waals surface area contributed by atoms with E-state index in [2.05, 4.69) is 69.7 Å². The minimum Gasteiger partial charge on any atom is -0.348 e. The molecule has 1 aliphatic heterocycles. The summed E-state index contributed by atoms with van der Waals surface area (Å²) in [5, 5.41) is 0. The van der Waals surface area contributed by atoms with Crippen LogP contribution in [0.4, 0.5) is 0 Å². The van der Waals surface area contributed by atoms with Crippen LogP contribution in [-0.2, 0) is 9.47 Å². The summed E-state index contributed by atoms with van der Waals surface area (Å²) in [4.78, 5) is 2.48. The zero-order valence-electron chi connectivity index (χ0n) is 16.3. The van der Waals surface area contributed by atoms with E-state index in [4.69, 9.17) is 9.47 Å². The normalized spacial score (nSPS) is 17.4. The lowest BCUT2D eigenvalue weighted by Gasteiger charge is -2.25. The van der Waals surface area contributed by atoms with Crippen molar-refractivity contribution in [3.8, 4) is 0 Å². The van der Waals surface area contributed by atoms with Crippen molar-refractivity contribution in [2.75, 3.05) is 13.2 Å². The molecule has 0 bridgehead atoms. The van der Waals surface area contributed by atoms with Gasteiger partial charge in [-0.05, 0) is 58.2 Å². The van der Waals surface area contributed by atoms with Crippen molar-refractivity contribution in [2.24, 2.45) is 0 Å². The Hall–Kier alpha value is -0.850. The van der Waals surface area contributed by atoms with Crippen molar-refractivity contribution in [1.29, 1.82) is 0 Å². The molecule has 5 heteroatoms. The SMILES string of the molecule is Cc1cccc(C(NSC(C)(C)C)c2cc(C3OCCCO3)sc2C)c1. The Kier molecular flexibility index (Phi) is 6.46. The third-order valence-corrected chi connectivity index (χ3v) is 6.26. The van der Waals surface area contributed by atoms with Crippen molar-refractivity contribution in [2.45, 2.75) is 58.1 Å². The summed E-state index contributed by atoms with van der Waals surface area (Å²) in [6.07, 6.45) is 0.762. The first-order chi connectivity index (χ1) is 12.3. The smallest absolute Gasteiger partial charge is 0.193 e. The largest absolute Gasteiger partial charge is 0.348 e. The summed E-state index contributed by atoms with van der Waals surface area (Å²) < 4.78 is 15.5. The molecule has 1 aromatic heterocycles. The Labute approximate surface area is 165 Å². The number of nitrogens with one attached hydrogen (secondary N) is 1. The summed E-state index contributed by atoms with van der Waals surface area (Å²) in [6, 6.07) is 11.2. The Morgan fingerprint density at radius 1 is 1.15 bits per heavy atom. The van der Waals surface area contributed by atoms with Crippen LogP contribution >= 0.6 is 23.3 Å². The molecule has 0 radical (unpaired) electrons. The molecule has 1 aliphatic rings. The molecule has 1 atom stereocenters. The minimum absolute atomic E-state index is 0.143. The maximum atomic E-state index is 5.81. The second kappa shape index (κ2) is 8.44. The molecule has 142 valence electrons. The molecule has 0 saturated carbocycles. The predicted octanol–water partition coefficient (Wildman–Crippen LogP) is 5.93. The summed E-state index contributed by atoms with van der Waals surface area (Å²) in [5.74, 6) is 0. The molecular weight excluding hydrogens is 362 g/mol. The molecule has 1 aromatic carbocycles. The first-order valence-corrected chi connectivity index (χ1v) is 10.8. The van der Waals surface area contributed by atoms with Crippen LogP contribution in [0.25, 0.3) is 0 Å². The van der Waals surface area contributed by atoms with Crippen molar-refractivity contribution < 1.29 is 9.47 Å². The van der Waals surface area contributed by atoms with Crippen LogP contribution in [0.3, 0.4) is 0 Å². The number of benzene rings is 1. The van der Waals surface area contributed by atoms with E-state index in [1.165, 1.54) is 21.6 Å². The van der Waals surface area contributed by atoms with Crippen molar-refractivity contribution in [1.82, 2.24) is 4.72 Å². The Morgan fingerprint density at radius 3 is 2.54 bits per heavy atom. The molecule has 1 fully saturated rings. The summed E-state index contributed by atoms with van der Waals surface area (Å²) >= 11 is 3.57. The number of hydrogen-bond donors (Lipinski definition) is 1. The van der Waals surface area contributed by atoms with Gasteiger partial charge in [0.1, 0.15) is 0 Å². The number of thiophene rings is 1. The topological polar surface area (TPSA) is 30.5 Å². The molecule has 2 heterocycles. The fourth-order valence-corrected chi connectivity index (χ4v) is 4.77. The van der Waals surface area contributed by atoms with Crippen molar-refractivity contribution in [3.05, 3.63) is 56.8 Å². The monoisotopic (exact) mass is 391 g/mol. The van der Waals surface area contributed by atoms with Gasteiger partial charge in [0.05, 0.1) is 24.1 Å². The van der Waals surface area contributed by atoms with Gasteiger partial charge in [-0.15, -0.1) is 11.3 Å². The van der Waals surface area contributed by atoms with E-state index in [-0.39, 0.29) is 17.1 Å². The summed E-state index contributed by atoms with van der Waals surface area (Å²) in [5.41, 5.74) is 3.88. The third kappa shape index (κ3) is 5.11. The highest BCUT2D eigenvalue weighted by Gasteiger charge is 2.25. The Balaban J connectivity index is 1.91. The molecule has 3 rings (SSSR count). The fraction of sp³-hybridized carbons (Fsp3) is 0.524. The van der Waals surface area contributed by atoms with Crippen LogP contribution in [0, 0.1) is 13.8 Å². The van der Waals surface area contributed by atoms with Gasteiger partial charge in [-0.2, -0.15) is 0 Å². The van der Waals surface area contributed by atoms with Crippen LogP contribution in [0.2, 0.25) is 0 Å². The number of aryl methyl sites for hydroxylation is 2. The predicted molar refractivity (Wildman–Crippen MR) is 112 cm³/mol. The quantitative estimate of drug-likeness (QED) is 0.640. The second-order valence-electron chi connectivity index (χ2n) is 7.77. The van der Waals surface area contributed by atoms with Crippen molar-refractivity contribution in [3.63, 3.8) is 0 Å². The van der Waals surface area contributed by atoms with Crippen LogP contribution in [0.1, 0.15) is 66.0 Å². The van der Waals surface area contributed by atoms with E-state index in [0.717, 1.165) is 24.5 Å². The maximum absolute atomic E-state index is 5.81. The van der Waals surface area contributed by atoms with Gasteiger partial charge in [0.2, 0.25) is 0 Å². The molecular formula is C21H29NO2S2. The molecule has 0 aliphatic carbocycles. The molecule has 0 amide bonds. The lowest BCUT2D eigenvalue weighted by Crippen LogP contribution is -2.23. The van der Waals surface area contributed by atoms with Gasteiger partial charge in [0.15, 0.2) is 6.29 Å².